The van der Waals surface area contributed by atoms with Crippen molar-refractivity contribution in [1.82, 2.24) is 0 Å². The SMILES string of the molecule is CC1(C)CC(=O)C2=C(C1)c1c(ccc3ccccc13)N[C@H]2c1ccc(OCc2ccccc2F)cc1. The van der Waals surface area contributed by atoms with Crippen LogP contribution in [0.1, 0.15) is 49.4 Å². The molecule has 180 valence electrons. The quantitative estimate of drug-likeness (QED) is 0.325. The Morgan fingerprint density at radius 2 is 1.67 bits per heavy atom. The number of Topliss-reactive ketones (excluding diaryl/α,β-unsaturated/α-hetero) is 1. The molecule has 4 aromatic carbocycles. The van der Waals surface area contributed by atoms with Crippen molar-refractivity contribution < 1.29 is 13.9 Å². The second-order valence-electron chi connectivity index (χ2n) is 10.6. The zero-order valence-electron chi connectivity index (χ0n) is 20.5. The van der Waals surface area contributed by atoms with E-state index in [1.54, 1.807) is 18.2 Å². The summed E-state index contributed by atoms with van der Waals surface area (Å²) in [6.07, 6.45) is 1.39. The molecule has 0 saturated carbocycles. The Kier molecular flexibility index (Phi) is 5.40. The van der Waals surface area contributed by atoms with Crippen molar-refractivity contribution >= 4 is 27.8 Å². The van der Waals surface area contributed by atoms with Gasteiger partial charge in [-0.15, -0.1) is 0 Å². The van der Waals surface area contributed by atoms with E-state index < -0.39 is 0 Å². The summed E-state index contributed by atoms with van der Waals surface area (Å²) >= 11 is 0. The van der Waals surface area contributed by atoms with Gasteiger partial charge in [-0.2, -0.15) is 0 Å². The van der Waals surface area contributed by atoms with Crippen LogP contribution in [0, 0.1) is 11.2 Å². The topological polar surface area (TPSA) is 38.3 Å². The van der Waals surface area contributed by atoms with Crippen LogP contribution in [0.3, 0.4) is 0 Å². The number of ether oxygens (including phenoxy) is 1. The van der Waals surface area contributed by atoms with Crippen molar-refractivity contribution in [2.45, 2.75) is 39.3 Å². The lowest BCUT2D eigenvalue weighted by atomic mass is 9.68. The summed E-state index contributed by atoms with van der Waals surface area (Å²) in [6, 6.07) is 26.8. The number of hydrogen-bond acceptors (Lipinski definition) is 3. The molecule has 6 rings (SSSR count). The Balaban J connectivity index is 1.37. The number of fused-ring (bicyclic) bond motifs is 4. The molecular weight excluding hydrogens is 449 g/mol. The predicted molar refractivity (Wildman–Crippen MR) is 142 cm³/mol. The molecule has 4 heteroatoms. The lowest BCUT2D eigenvalue weighted by Gasteiger charge is -2.40. The highest BCUT2D eigenvalue weighted by Crippen LogP contribution is 2.52. The van der Waals surface area contributed by atoms with Gasteiger partial charge in [-0.25, -0.2) is 4.39 Å². The van der Waals surface area contributed by atoms with Crippen molar-refractivity contribution in [2.24, 2.45) is 5.41 Å². The highest BCUT2D eigenvalue weighted by molar-refractivity contribution is 6.12. The molecule has 4 aromatic rings. The molecule has 0 aromatic heterocycles. The van der Waals surface area contributed by atoms with E-state index >= 15 is 0 Å². The first-order valence-electron chi connectivity index (χ1n) is 12.4. The molecular formula is C32H28FNO2. The van der Waals surface area contributed by atoms with E-state index in [1.165, 1.54) is 16.8 Å². The zero-order valence-corrected chi connectivity index (χ0v) is 20.5. The van der Waals surface area contributed by atoms with Crippen LogP contribution >= 0.6 is 0 Å². The van der Waals surface area contributed by atoms with E-state index in [4.69, 9.17) is 4.74 Å². The summed E-state index contributed by atoms with van der Waals surface area (Å²) < 4.78 is 19.8. The van der Waals surface area contributed by atoms with Crippen LogP contribution in [0.2, 0.25) is 0 Å². The Bertz CT molecular complexity index is 1520. The van der Waals surface area contributed by atoms with Crippen LogP contribution in [-0.4, -0.2) is 5.78 Å². The molecule has 0 saturated heterocycles. The number of benzene rings is 4. The minimum Gasteiger partial charge on any atom is -0.489 e. The van der Waals surface area contributed by atoms with Crippen LogP contribution < -0.4 is 10.1 Å². The Labute approximate surface area is 210 Å². The number of ketones is 1. The zero-order chi connectivity index (χ0) is 24.9. The average molecular weight is 478 g/mol. The number of allylic oxidation sites excluding steroid dienone is 1. The van der Waals surface area contributed by atoms with E-state index in [2.05, 4.69) is 55.6 Å². The smallest absolute Gasteiger partial charge is 0.162 e. The molecule has 1 heterocycles. The highest BCUT2D eigenvalue weighted by Gasteiger charge is 2.40. The number of carbonyl (C=O) groups is 1. The van der Waals surface area contributed by atoms with Crippen LogP contribution in [0.15, 0.2) is 90.5 Å². The molecule has 0 radical (unpaired) electrons. The van der Waals surface area contributed by atoms with Gasteiger partial charge in [0.1, 0.15) is 18.2 Å². The third-order valence-corrected chi connectivity index (χ3v) is 7.30. The fraction of sp³-hybridized carbons (Fsp3) is 0.219. The molecule has 1 aliphatic heterocycles. The number of nitrogens with one attached hydrogen (secondary N) is 1. The maximum atomic E-state index is 13.9. The first-order chi connectivity index (χ1) is 17.4. The number of rotatable bonds is 4. The molecule has 0 amide bonds. The molecule has 0 bridgehead atoms. The second kappa shape index (κ2) is 8.63. The minimum atomic E-state index is -0.273. The Morgan fingerprint density at radius 1 is 0.917 bits per heavy atom. The molecule has 0 unspecified atom stereocenters. The van der Waals surface area contributed by atoms with Gasteiger partial charge in [0.05, 0.1) is 6.04 Å². The van der Waals surface area contributed by atoms with Gasteiger partial charge in [0.15, 0.2) is 5.78 Å². The maximum Gasteiger partial charge on any atom is 0.162 e. The number of carbonyl (C=O) groups excluding carboxylic acids is 1. The number of hydrogen-bond donors (Lipinski definition) is 1. The summed E-state index contributed by atoms with van der Waals surface area (Å²) in [5, 5.41) is 6.03. The van der Waals surface area contributed by atoms with Crippen LogP contribution in [0.25, 0.3) is 16.3 Å². The van der Waals surface area contributed by atoms with Gasteiger partial charge in [-0.1, -0.05) is 74.5 Å². The van der Waals surface area contributed by atoms with Crippen LogP contribution in [0.5, 0.6) is 5.75 Å². The summed E-state index contributed by atoms with van der Waals surface area (Å²) in [7, 11) is 0. The normalized spacial score (nSPS) is 18.4. The van der Waals surface area contributed by atoms with Crippen LogP contribution in [-0.2, 0) is 11.4 Å². The summed E-state index contributed by atoms with van der Waals surface area (Å²) in [5.41, 5.74) is 5.69. The summed E-state index contributed by atoms with van der Waals surface area (Å²) in [6.45, 7) is 4.52. The molecule has 0 spiro atoms. The van der Waals surface area contributed by atoms with Crippen molar-refractivity contribution in [3.05, 3.63) is 113 Å². The monoisotopic (exact) mass is 477 g/mol. The predicted octanol–water partition coefficient (Wildman–Crippen LogP) is 7.87. The Hall–Kier alpha value is -3.92. The van der Waals surface area contributed by atoms with Gasteiger partial charge in [0, 0.05) is 28.8 Å². The van der Waals surface area contributed by atoms with Gasteiger partial charge in [0.2, 0.25) is 0 Å². The van der Waals surface area contributed by atoms with Gasteiger partial charge in [0.25, 0.3) is 0 Å². The largest absolute Gasteiger partial charge is 0.489 e. The van der Waals surface area contributed by atoms with Crippen molar-refractivity contribution in [2.75, 3.05) is 5.32 Å². The fourth-order valence-electron chi connectivity index (χ4n) is 5.62. The van der Waals surface area contributed by atoms with Crippen molar-refractivity contribution in [3.63, 3.8) is 0 Å². The lowest BCUT2D eigenvalue weighted by molar-refractivity contribution is -0.118. The van der Waals surface area contributed by atoms with Gasteiger partial charge in [-0.3, -0.25) is 4.79 Å². The van der Waals surface area contributed by atoms with E-state index in [9.17, 15) is 9.18 Å². The standard InChI is InChI=1S/C32H28FNO2/c1-32(2)17-25-29-24-9-5-3-7-20(24)13-16-27(29)34-31(30(25)28(35)18-32)21-11-14-23(15-12-21)36-19-22-8-4-6-10-26(22)33/h3-16,31,34H,17-19H2,1-2H3/t31-/m0/s1. The fourth-order valence-corrected chi connectivity index (χ4v) is 5.62. The molecule has 2 aliphatic rings. The molecule has 0 fully saturated rings. The maximum absolute atomic E-state index is 13.9. The molecule has 1 N–H and O–H groups in total. The van der Waals surface area contributed by atoms with Crippen LogP contribution in [0.4, 0.5) is 10.1 Å². The summed E-state index contributed by atoms with van der Waals surface area (Å²) in [5.74, 6) is 0.594. The first kappa shape index (κ1) is 22.5. The Morgan fingerprint density at radius 3 is 2.47 bits per heavy atom. The number of halogens is 1. The molecule has 3 nitrogen and oxygen atoms in total. The van der Waals surface area contributed by atoms with E-state index in [1.807, 2.05) is 24.3 Å². The third kappa shape index (κ3) is 3.97. The van der Waals surface area contributed by atoms with E-state index in [0.29, 0.717) is 17.7 Å². The molecule has 36 heavy (non-hydrogen) atoms. The van der Waals surface area contributed by atoms with Gasteiger partial charge >= 0.3 is 0 Å². The summed E-state index contributed by atoms with van der Waals surface area (Å²) in [4.78, 5) is 13.6. The number of anilines is 1. The first-order valence-corrected chi connectivity index (χ1v) is 12.4. The molecule has 1 aliphatic carbocycles. The minimum absolute atomic E-state index is 0.0869. The van der Waals surface area contributed by atoms with E-state index in [-0.39, 0.29) is 29.7 Å². The lowest BCUT2D eigenvalue weighted by Crippen LogP contribution is -2.33. The van der Waals surface area contributed by atoms with Crippen molar-refractivity contribution in [3.8, 4) is 5.75 Å². The third-order valence-electron chi connectivity index (χ3n) is 7.30. The molecule has 1 atom stereocenters. The second-order valence-corrected chi connectivity index (χ2v) is 10.6. The van der Waals surface area contributed by atoms with Crippen molar-refractivity contribution in [1.29, 1.82) is 0 Å². The van der Waals surface area contributed by atoms with Gasteiger partial charge < -0.3 is 10.1 Å². The highest BCUT2D eigenvalue weighted by atomic mass is 19.1. The average Bonchev–Trinajstić information content (AvgIpc) is 2.87. The van der Waals surface area contributed by atoms with Gasteiger partial charge in [-0.05, 0) is 58.0 Å². The van der Waals surface area contributed by atoms with E-state index in [0.717, 1.165) is 34.4 Å².